The summed E-state index contributed by atoms with van der Waals surface area (Å²) < 4.78 is 0. The molecule has 0 aromatic heterocycles. The number of carbonyl (C=O) groups is 3. The van der Waals surface area contributed by atoms with Crippen molar-refractivity contribution >= 4 is 40.6 Å². The molecular formula is C22H27N3O3S. The van der Waals surface area contributed by atoms with Gasteiger partial charge < -0.3 is 9.80 Å². The largest absolute Gasteiger partial charge is 0.372 e. The van der Waals surface area contributed by atoms with Crippen LogP contribution < -0.4 is 4.90 Å². The summed E-state index contributed by atoms with van der Waals surface area (Å²) in [6.45, 7) is 3.45. The van der Waals surface area contributed by atoms with Gasteiger partial charge in [-0.3, -0.25) is 19.3 Å². The maximum atomic E-state index is 12.7. The molecule has 154 valence electrons. The van der Waals surface area contributed by atoms with Crippen molar-refractivity contribution in [3.63, 3.8) is 0 Å². The van der Waals surface area contributed by atoms with Gasteiger partial charge in [0.1, 0.15) is 6.54 Å². The van der Waals surface area contributed by atoms with E-state index in [1.54, 1.807) is 11.0 Å². The maximum Gasteiger partial charge on any atom is 0.294 e. The van der Waals surface area contributed by atoms with Crippen molar-refractivity contribution in [1.29, 1.82) is 0 Å². The molecule has 0 unspecified atom stereocenters. The minimum atomic E-state index is -0.369. The Morgan fingerprint density at radius 3 is 2.17 bits per heavy atom. The van der Waals surface area contributed by atoms with Crippen LogP contribution in [0.4, 0.5) is 10.5 Å². The minimum absolute atomic E-state index is 0.134. The van der Waals surface area contributed by atoms with Gasteiger partial charge in [-0.05, 0) is 61.2 Å². The highest BCUT2D eigenvalue weighted by molar-refractivity contribution is 8.18. The highest BCUT2D eigenvalue weighted by atomic mass is 32.2. The summed E-state index contributed by atoms with van der Waals surface area (Å²) in [6.07, 6.45) is 8.43. The van der Waals surface area contributed by atoms with Crippen LogP contribution in [0.25, 0.3) is 6.08 Å². The van der Waals surface area contributed by atoms with Gasteiger partial charge in [-0.1, -0.05) is 25.0 Å². The van der Waals surface area contributed by atoms with Crippen LogP contribution >= 0.6 is 11.8 Å². The summed E-state index contributed by atoms with van der Waals surface area (Å²) in [5.74, 6) is -0.503. The van der Waals surface area contributed by atoms with Crippen molar-refractivity contribution in [2.24, 2.45) is 0 Å². The first-order chi connectivity index (χ1) is 14.1. The quantitative estimate of drug-likeness (QED) is 0.704. The summed E-state index contributed by atoms with van der Waals surface area (Å²) in [5, 5.41) is -0.363. The van der Waals surface area contributed by atoms with Gasteiger partial charge in [0, 0.05) is 31.9 Å². The van der Waals surface area contributed by atoms with E-state index in [9.17, 15) is 14.4 Å². The number of amides is 3. The Bertz CT molecular complexity index is 807. The third kappa shape index (κ3) is 4.66. The molecule has 4 rings (SSSR count). The molecule has 6 nitrogen and oxygen atoms in total. The van der Waals surface area contributed by atoms with Gasteiger partial charge in [0.2, 0.25) is 5.91 Å². The molecule has 0 saturated carbocycles. The van der Waals surface area contributed by atoms with Gasteiger partial charge >= 0.3 is 0 Å². The molecule has 1 aromatic carbocycles. The maximum absolute atomic E-state index is 12.7. The van der Waals surface area contributed by atoms with Crippen molar-refractivity contribution < 1.29 is 14.4 Å². The van der Waals surface area contributed by atoms with Gasteiger partial charge in [-0.25, -0.2) is 0 Å². The number of hydrogen-bond acceptors (Lipinski definition) is 5. The third-order valence-corrected chi connectivity index (χ3v) is 6.70. The van der Waals surface area contributed by atoms with Crippen molar-refractivity contribution in [1.82, 2.24) is 9.80 Å². The summed E-state index contributed by atoms with van der Waals surface area (Å²) in [5.41, 5.74) is 2.08. The highest BCUT2D eigenvalue weighted by Gasteiger charge is 2.37. The Balaban J connectivity index is 1.41. The van der Waals surface area contributed by atoms with E-state index in [1.807, 2.05) is 12.1 Å². The third-order valence-electron chi connectivity index (χ3n) is 5.79. The number of likely N-dealkylation sites (tertiary alicyclic amines) is 1. The monoisotopic (exact) mass is 413 g/mol. The lowest BCUT2D eigenvalue weighted by Crippen LogP contribution is -2.42. The molecule has 7 heteroatoms. The molecule has 0 aliphatic carbocycles. The van der Waals surface area contributed by atoms with Crippen molar-refractivity contribution in [3.05, 3.63) is 34.7 Å². The van der Waals surface area contributed by atoms with Crippen molar-refractivity contribution in [2.75, 3.05) is 37.6 Å². The zero-order valence-electron chi connectivity index (χ0n) is 16.6. The number of rotatable bonds is 4. The standard InChI is InChI=1S/C22H27N3O3S/c26-20(24-13-3-1-2-4-14-24)16-25-21(27)19(29-22(25)28)15-17-7-9-18(10-8-17)23-11-5-6-12-23/h7-10,15H,1-6,11-14,16H2. The fourth-order valence-corrected chi connectivity index (χ4v) is 4.94. The fraction of sp³-hybridized carbons (Fsp3) is 0.500. The molecule has 3 fully saturated rings. The fourth-order valence-electron chi connectivity index (χ4n) is 4.10. The van der Waals surface area contributed by atoms with Crippen LogP contribution in [0.3, 0.4) is 0 Å². The van der Waals surface area contributed by atoms with Crippen LogP contribution in [0, 0.1) is 0 Å². The van der Waals surface area contributed by atoms with Crippen molar-refractivity contribution in [3.8, 4) is 0 Å². The molecule has 0 bridgehead atoms. The van der Waals surface area contributed by atoms with Gasteiger partial charge in [0.25, 0.3) is 11.1 Å². The molecule has 3 aliphatic rings. The first-order valence-electron chi connectivity index (χ1n) is 10.5. The highest BCUT2D eigenvalue weighted by Crippen LogP contribution is 2.32. The van der Waals surface area contributed by atoms with E-state index in [0.717, 1.165) is 61.0 Å². The summed E-state index contributed by atoms with van der Waals surface area (Å²) in [7, 11) is 0. The van der Waals surface area contributed by atoms with E-state index in [2.05, 4.69) is 17.0 Å². The average molecular weight is 414 g/mol. The minimum Gasteiger partial charge on any atom is -0.372 e. The first kappa shape index (κ1) is 20.0. The molecule has 1 aromatic rings. The normalized spacial score (nSPS) is 21.9. The lowest BCUT2D eigenvalue weighted by atomic mass is 10.2. The first-order valence-corrected chi connectivity index (χ1v) is 11.3. The SMILES string of the molecule is O=C(CN1C(=O)SC(=Cc2ccc(N3CCCC3)cc2)C1=O)N1CCCCCC1. The zero-order valence-corrected chi connectivity index (χ0v) is 17.5. The van der Waals surface area contributed by atoms with Gasteiger partial charge in [0.05, 0.1) is 4.91 Å². The Morgan fingerprint density at radius 2 is 1.52 bits per heavy atom. The molecule has 29 heavy (non-hydrogen) atoms. The predicted octanol–water partition coefficient (Wildman–Crippen LogP) is 3.73. The molecular weight excluding hydrogens is 386 g/mol. The number of imide groups is 1. The molecule has 3 saturated heterocycles. The van der Waals surface area contributed by atoms with Crippen LogP contribution in [0.15, 0.2) is 29.2 Å². The number of nitrogens with zero attached hydrogens (tertiary/aromatic N) is 3. The lowest BCUT2D eigenvalue weighted by Gasteiger charge is -2.22. The number of carbonyl (C=O) groups excluding carboxylic acids is 3. The summed E-state index contributed by atoms with van der Waals surface area (Å²) in [4.78, 5) is 43.3. The molecule has 0 spiro atoms. The smallest absolute Gasteiger partial charge is 0.294 e. The van der Waals surface area contributed by atoms with E-state index in [-0.39, 0.29) is 23.6 Å². The second-order valence-corrected chi connectivity index (χ2v) is 8.84. The van der Waals surface area contributed by atoms with Crippen LogP contribution in [0.1, 0.15) is 44.1 Å². The molecule has 0 N–H and O–H groups in total. The summed E-state index contributed by atoms with van der Waals surface area (Å²) >= 11 is 0.916. The van der Waals surface area contributed by atoms with E-state index in [1.165, 1.54) is 18.5 Å². The molecule has 3 heterocycles. The molecule has 0 atom stereocenters. The second kappa shape index (κ2) is 9.03. The number of hydrogen-bond donors (Lipinski definition) is 0. The Labute approximate surface area is 175 Å². The van der Waals surface area contributed by atoms with E-state index in [4.69, 9.17) is 0 Å². The van der Waals surface area contributed by atoms with Crippen LogP contribution in [0.2, 0.25) is 0 Å². The molecule has 0 radical (unpaired) electrons. The second-order valence-electron chi connectivity index (χ2n) is 7.85. The van der Waals surface area contributed by atoms with E-state index < -0.39 is 0 Å². The number of anilines is 1. The van der Waals surface area contributed by atoms with Crippen LogP contribution in [0.5, 0.6) is 0 Å². The van der Waals surface area contributed by atoms with Crippen molar-refractivity contribution in [2.45, 2.75) is 38.5 Å². The Kier molecular flexibility index (Phi) is 6.23. The number of thioether (sulfide) groups is 1. The van der Waals surface area contributed by atoms with E-state index in [0.29, 0.717) is 18.0 Å². The Morgan fingerprint density at radius 1 is 0.897 bits per heavy atom. The van der Waals surface area contributed by atoms with Crippen LogP contribution in [-0.2, 0) is 9.59 Å². The van der Waals surface area contributed by atoms with Gasteiger partial charge in [-0.15, -0.1) is 0 Å². The Hall–Kier alpha value is -2.28. The summed E-state index contributed by atoms with van der Waals surface area (Å²) in [6, 6.07) is 8.07. The van der Waals surface area contributed by atoms with Gasteiger partial charge in [-0.2, -0.15) is 0 Å². The predicted molar refractivity (Wildman–Crippen MR) is 116 cm³/mol. The molecule has 3 amide bonds. The van der Waals surface area contributed by atoms with Gasteiger partial charge in [0.15, 0.2) is 0 Å². The number of benzene rings is 1. The molecule has 3 aliphatic heterocycles. The van der Waals surface area contributed by atoms with E-state index >= 15 is 0 Å². The topological polar surface area (TPSA) is 60.9 Å². The van der Waals surface area contributed by atoms with Crippen LogP contribution in [-0.4, -0.2) is 59.6 Å². The zero-order chi connectivity index (χ0) is 20.2. The average Bonchev–Trinajstić information content (AvgIpc) is 3.24. The lowest BCUT2D eigenvalue weighted by molar-refractivity contribution is -0.135.